The number of likely N-dealkylation sites (tertiary alicyclic amines) is 2. The van der Waals surface area contributed by atoms with Gasteiger partial charge in [-0.05, 0) is 32.1 Å². The summed E-state index contributed by atoms with van der Waals surface area (Å²) in [6.45, 7) is 5.16. The van der Waals surface area contributed by atoms with Crippen LogP contribution in [0.1, 0.15) is 64.7 Å². The van der Waals surface area contributed by atoms with E-state index in [1.807, 2.05) is 0 Å². The van der Waals surface area contributed by atoms with Crippen molar-refractivity contribution in [1.82, 2.24) is 9.80 Å². The summed E-state index contributed by atoms with van der Waals surface area (Å²) in [5.74, 6) is 0. The highest BCUT2D eigenvalue weighted by Crippen LogP contribution is 2.21. The minimum Gasteiger partial charge on any atom is -0.325 e. The Bertz CT molecular complexity index is 259. The van der Waals surface area contributed by atoms with Crippen molar-refractivity contribution in [2.45, 2.75) is 70.8 Å². The van der Waals surface area contributed by atoms with Gasteiger partial charge in [-0.3, -0.25) is 0 Å². The minimum atomic E-state index is 0.325. The predicted octanol–water partition coefficient (Wildman–Crippen LogP) is 3.64. The first kappa shape index (κ1) is 13.7. The fourth-order valence-corrected chi connectivity index (χ4v) is 3.30. The summed E-state index contributed by atoms with van der Waals surface area (Å²) < 4.78 is 0. The molecule has 0 spiro atoms. The molecule has 0 radical (unpaired) electrons. The highest BCUT2D eigenvalue weighted by Gasteiger charge is 2.27. The highest BCUT2D eigenvalue weighted by molar-refractivity contribution is 5.74. The van der Waals surface area contributed by atoms with Crippen LogP contribution in [0, 0.1) is 0 Å². The molecule has 104 valence electrons. The number of nitrogens with zero attached hydrogens (tertiary/aromatic N) is 2. The molecule has 2 saturated heterocycles. The molecule has 0 aliphatic carbocycles. The number of carbonyl (C=O) groups is 1. The summed E-state index contributed by atoms with van der Waals surface area (Å²) in [7, 11) is 0. The quantitative estimate of drug-likeness (QED) is 0.699. The number of hydrogen-bond donors (Lipinski definition) is 0. The van der Waals surface area contributed by atoms with Crippen LogP contribution in [0.25, 0.3) is 0 Å². The van der Waals surface area contributed by atoms with E-state index in [9.17, 15) is 4.79 Å². The van der Waals surface area contributed by atoms with Gasteiger partial charge in [0.05, 0.1) is 0 Å². The number of hydrogen-bond acceptors (Lipinski definition) is 1. The maximum atomic E-state index is 12.7. The molecule has 2 aliphatic rings. The SMILES string of the molecule is CCC1CCCCCN1C(=O)N1CCCCCC1. The van der Waals surface area contributed by atoms with Gasteiger partial charge in [-0.15, -0.1) is 0 Å². The van der Waals surface area contributed by atoms with Gasteiger partial charge in [0.1, 0.15) is 0 Å². The number of rotatable bonds is 1. The van der Waals surface area contributed by atoms with Gasteiger partial charge in [0.2, 0.25) is 0 Å². The second-order valence-electron chi connectivity index (χ2n) is 5.79. The summed E-state index contributed by atoms with van der Waals surface area (Å²) in [5.41, 5.74) is 0. The van der Waals surface area contributed by atoms with Crippen LogP contribution in [0.15, 0.2) is 0 Å². The molecule has 0 saturated carbocycles. The van der Waals surface area contributed by atoms with Crippen LogP contribution in [0.4, 0.5) is 4.79 Å². The van der Waals surface area contributed by atoms with E-state index in [0.717, 1.165) is 26.1 Å². The average Bonchev–Trinajstić information content (AvgIpc) is 2.80. The zero-order valence-electron chi connectivity index (χ0n) is 11.9. The summed E-state index contributed by atoms with van der Waals surface area (Å²) in [4.78, 5) is 17.0. The van der Waals surface area contributed by atoms with Crippen LogP contribution < -0.4 is 0 Å². The van der Waals surface area contributed by atoms with Crippen LogP contribution in [-0.2, 0) is 0 Å². The average molecular weight is 252 g/mol. The van der Waals surface area contributed by atoms with Gasteiger partial charge in [-0.1, -0.05) is 32.6 Å². The molecular formula is C15H28N2O. The first-order chi connectivity index (χ1) is 8.83. The van der Waals surface area contributed by atoms with E-state index >= 15 is 0 Å². The topological polar surface area (TPSA) is 23.6 Å². The Morgan fingerprint density at radius 1 is 0.944 bits per heavy atom. The molecule has 3 heteroatoms. The molecule has 0 N–H and O–H groups in total. The third-order valence-electron chi connectivity index (χ3n) is 4.47. The summed E-state index contributed by atoms with van der Waals surface area (Å²) in [5, 5.41) is 0. The lowest BCUT2D eigenvalue weighted by molar-refractivity contribution is 0.133. The number of urea groups is 1. The first-order valence-electron chi connectivity index (χ1n) is 7.88. The van der Waals surface area contributed by atoms with Gasteiger partial charge < -0.3 is 9.80 Å². The van der Waals surface area contributed by atoms with Gasteiger partial charge >= 0.3 is 6.03 Å². The van der Waals surface area contributed by atoms with Crippen LogP contribution in [-0.4, -0.2) is 41.5 Å². The lowest BCUT2D eigenvalue weighted by atomic mass is 10.1. The zero-order valence-corrected chi connectivity index (χ0v) is 11.9. The van der Waals surface area contributed by atoms with Crippen LogP contribution in [0.5, 0.6) is 0 Å². The van der Waals surface area contributed by atoms with Crippen LogP contribution in [0.2, 0.25) is 0 Å². The van der Waals surface area contributed by atoms with E-state index in [2.05, 4.69) is 16.7 Å². The van der Waals surface area contributed by atoms with Crippen molar-refractivity contribution in [3.8, 4) is 0 Å². The molecule has 0 aromatic heterocycles. The molecule has 0 aromatic carbocycles. The van der Waals surface area contributed by atoms with Crippen molar-refractivity contribution >= 4 is 6.03 Å². The molecule has 1 unspecified atom stereocenters. The summed E-state index contributed by atoms with van der Waals surface area (Å²) >= 11 is 0. The van der Waals surface area contributed by atoms with Crippen molar-refractivity contribution in [3.05, 3.63) is 0 Å². The van der Waals surface area contributed by atoms with Crippen LogP contribution >= 0.6 is 0 Å². The number of carbonyl (C=O) groups excluding carboxylic acids is 1. The molecule has 1 atom stereocenters. The molecular weight excluding hydrogens is 224 g/mol. The molecule has 2 rings (SSSR count). The Kier molecular flexibility index (Phi) is 5.33. The Morgan fingerprint density at radius 2 is 1.56 bits per heavy atom. The van der Waals surface area contributed by atoms with Gasteiger partial charge in [0, 0.05) is 25.7 Å². The predicted molar refractivity (Wildman–Crippen MR) is 74.7 cm³/mol. The van der Waals surface area contributed by atoms with E-state index in [4.69, 9.17) is 0 Å². The maximum Gasteiger partial charge on any atom is 0.320 e. The molecule has 2 heterocycles. The zero-order chi connectivity index (χ0) is 12.8. The van der Waals surface area contributed by atoms with E-state index in [-0.39, 0.29) is 0 Å². The Balaban J connectivity index is 1.99. The Labute approximate surface area is 112 Å². The van der Waals surface area contributed by atoms with Crippen molar-refractivity contribution in [1.29, 1.82) is 0 Å². The van der Waals surface area contributed by atoms with Crippen molar-refractivity contribution in [2.75, 3.05) is 19.6 Å². The van der Waals surface area contributed by atoms with E-state index < -0.39 is 0 Å². The third-order valence-corrected chi connectivity index (χ3v) is 4.47. The lowest BCUT2D eigenvalue weighted by Gasteiger charge is -2.34. The fourth-order valence-electron chi connectivity index (χ4n) is 3.30. The van der Waals surface area contributed by atoms with Gasteiger partial charge in [0.25, 0.3) is 0 Å². The van der Waals surface area contributed by atoms with Gasteiger partial charge in [0.15, 0.2) is 0 Å². The van der Waals surface area contributed by atoms with E-state index in [1.54, 1.807) is 0 Å². The number of amides is 2. The largest absolute Gasteiger partial charge is 0.325 e. The molecule has 2 amide bonds. The second-order valence-corrected chi connectivity index (χ2v) is 5.79. The van der Waals surface area contributed by atoms with Crippen molar-refractivity contribution < 1.29 is 4.79 Å². The van der Waals surface area contributed by atoms with E-state index in [0.29, 0.717) is 12.1 Å². The van der Waals surface area contributed by atoms with E-state index in [1.165, 1.54) is 51.4 Å². The third kappa shape index (κ3) is 3.39. The maximum absolute atomic E-state index is 12.7. The van der Waals surface area contributed by atoms with Crippen molar-refractivity contribution in [2.24, 2.45) is 0 Å². The lowest BCUT2D eigenvalue weighted by Crippen LogP contribution is -2.48. The normalized spacial score (nSPS) is 26.6. The molecule has 2 fully saturated rings. The minimum absolute atomic E-state index is 0.325. The van der Waals surface area contributed by atoms with Crippen molar-refractivity contribution in [3.63, 3.8) is 0 Å². The second kappa shape index (κ2) is 7.01. The molecule has 3 nitrogen and oxygen atoms in total. The van der Waals surface area contributed by atoms with Crippen LogP contribution in [0.3, 0.4) is 0 Å². The van der Waals surface area contributed by atoms with Gasteiger partial charge in [-0.2, -0.15) is 0 Å². The Morgan fingerprint density at radius 3 is 2.22 bits per heavy atom. The smallest absolute Gasteiger partial charge is 0.320 e. The Hall–Kier alpha value is -0.730. The summed E-state index contributed by atoms with van der Waals surface area (Å²) in [6, 6.07) is 0.814. The van der Waals surface area contributed by atoms with Gasteiger partial charge in [-0.25, -0.2) is 4.79 Å². The molecule has 2 aliphatic heterocycles. The highest BCUT2D eigenvalue weighted by atomic mass is 16.2. The molecule has 18 heavy (non-hydrogen) atoms. The molecule has 0 aromatic rings. The summed E-state index contributed by atoms with van der Waals surface area (Å²) in [6.07, 6.45) is 11.1. The standard InChI is InChI=1S/C15H28N2O/c1-2-14-10-6-5-9-13-17(14)15(18)16-11-7-3-4-8-12-16/h14H,2-13H2,1H3. The first-order valence-corrected chi connectivity index (χ1v) is 7.88. The monoisotopic (exact) mass is 252 g/mol. The molecule has 0 bridgehead atoms. The fraction of sp³-hybridized carbons (Fsp3) is 0.933.